The van der Waals surface area contributed by atoms with Crippen molar-refractivity contribution in [3.05, 3.63) is 111 Å². The van der Waals surface area contributed by atoms with E-state index in [-0.39, 0.29) is 17.0 Å². The maximum absolute atomic E-state index is 12.9. The van der Waals surface area contributed by atoms with Gasteiger partial charge < -0.3 is 9.72 Å². The summed E-state index contributed by atoms with van der Waals surface area (Å²) in [6.45, 7) is 10.2. The Bertz CT molecular complexity index is 1300. The van der Waals surface area contributed by atoms with Crippen LogP contribution in [0.5, 0.6) is 5.75 Å². The van der Waals surface area contributed by atoms with Crippen molar-refractivity contribution in [2.24, 2.45) is 0 Å². The van der Waals surface area contributed by atoms with Gasteiger partial charge in [0.2, 0.25) is 0 Å². The van der Waals surface area contributed by atoms with Crippen LogP contribution in [0.2, 0.25) is 0 Å². The van der Waals surface area contributed by atoms with E-state index in [0.717, 1.165) is 28.8 Å². The number of benzene rings is 3. The Hall–Kier alpha value is -3.37. The van der Waals surface area contributed by atoms with Gasteiger partial charge in [-0.1, -0.05) is 75.4 Å². The molecular weight excluding hydrogens is 420 g/mol. The molecule has 0 aliphatic rings. The molecule has 0 saturated heterocycles. The number of hydrogen-bond donors (Lipinski definition) is 1. The second kappa shape index (κ2) is 9.86. The van der Waals surface area contributed by atoms with Crippen molar-refractivity contribution in [1.82, 2.24) is 9.88 Å². The lowest BCUT2D eigenvalue weighted by molar-refractivity contribution is 0.191. The molecule has 34 heavy (non-hydrogen) atoms. The second-order valence-corrected chi connectivity index (χ2v) is 10.0. The van der Waals surface area contributed by atoms with E-state index in [9.17, 15) is 4.79 Å². The van der Waals surface area contributed by atoms with Gasteiger partial charge in [-0.25, -0.2) is 0 Å². The summed E-state index contributed by atoms with van der Waals surface area (Å²) in [6, 6.07) is 27.1. The summed E-state index contributed by atoms with van der Waals surface area (Å²) in [5, 5.41) is 1.05. The summed E-state index contributed by atoms with van der Waals surface area (Å²) in [5.74, 6) is 0.839. The molecule has 0 spiro atoms. The lowest BCUT2D eigenvalue weighted by Gasteiger charge is -2.30. The summed E-state index contributed by atoms with van der Waals surface area (Å²) in [7, 11) is 1.68. The third-order valence-corrected chi connectivity index (χ3v) is 6.56. The van der Waals surface area contributed by atoms with E-state index >= 15 is 0 Å². The fourth-order valence-corrected chi connectivity index (χ4v) is 4.30. The smallest absolute Gasteiger partial charge is 0.252 e. The van der Waals surface area contributed by atoms with Gasteiger partial charge >= 0.3 is 0 Å². The van der Waals surface area contributed by atoms with Gasteiger partial charge in [0.05, 0.1) is 7.11 Å². The zero-order valence-electron chi connectivity index (χ0n) is 20.8. The van der Waals surface area contributed by atoms with Gasteiger partial charge in [-0.3, -0.25) is 9.69 Å². The van der Waals surface area contributed by atoms with Gasteiger partial charge in [-0.2, -0.15) is 0 Å². The number of H-pyrrole nitrogens is 1. The minimum absolute atomic E-state index is 0.0336. The predicted octanol–water partition coefficient (Wildman–Crippen LogP) is 6.60. The lowest BCUT2D eigenvalue weighted by Crippen LogP contribution is -2.29. The standard InChI is InChI=1S/C30H34N2O2/c1-21(23-12-16-27(34-5)17-13-23)32(19-22-10-14-26(15-11-22)30(2,3)4)20-25-18-24-8-6-7-9-28(24)31-29(25)33/h6-18,21H,19-20H2,1-5H3,(H,31,33)/t21-/m0/s1. The fraction of sp³-hybridized carbons (Fsp3) is 0.300. The van der Waals surface area contributed by atoms with Crippen LogP contribution in [0.15, 0.2) is 83.7 Å². The molecule has 0 radical (unpaired) electrons. The van der Waals surface area contributed by atoms with Gasteiger partial charge in [-0.15, -0.1) is 0 Å². The molecule has 4 aromatic rings. The Kier molecular flexibility index (Phi) is 6.90. The number of aromatic nitrogens is 1. The van der Waals surface area contributed by atoms with Crippen LogP contribution in [0.4, 0.5) is 0 Å². The van der Waals surface area contributed by atoms with Crippen molar-refractivity contribution >= 4 is 10.9 Å². The van der Waals surface area contributed by atoms with Crippen molar-refractivity contribution in [3.63, 3.8) is 0 Å². The molecule has 4 rings (SSSR count). The molecule has 1 N–H and O–H groups in total. The number of para-hydroxylation sites is 1. The Labute approximate surface area is 202 Å². The van der Waals surface area contributed by atoms with E-state index in [2.05, 4.69) is 74.0 Å². The predicted molar refractivity (Wildman–Crippen MR) is 140 cm³/mol. The summed E-state index contributed by atoms with van der Waals surface area (Å²) < 4.78 is 5.34. The first-order valence-corrected chi connectivity index (χ1v) is 11.8. The SMILES string of the molecule is COc1ccc([C@H](C)N(Cc2ccc(C(C)(C)C)cc2)Cc2cc3ccccc3[nH]c2=O)cc1. The van der Waals surface area contributed by atoms with Gasteiger partial charge in [-0.05, 0) is 58.7 Å². The monoisotopic (exact) mass is 454 g/mol. The van der Waals surface area contributed by atoms with Crippen molar-refractivity contribution in [2.75, 3.05) is 7.11 Å². The number of ether oxygens (including phenoxy) is 1. The van der Waals surface area contributed by atoms with E-state index in [0.29, 0.717) is 6.54 Å². The quantitative estimate of drug-likeness (QED) is 0.342. The van der Waals surface area contributed by atoms with Crippen molar-refractivity contribution in [1.29, 1.82) is 0 Å². The Morgan fingerprint density at radius 3 is 2.24 bits per heavy atom. The molecule has 0 bridgehead atoms. The number of hydrogen-bond acceptors (Lipinski definition) is 3. The summed E-state index contributed by atoms with van der Waals surface area (Å²) in [5.41, 5.74) is 5.45. The minimum Gasteiger partial charge on any atom is -0.497 e. The Morgan fingerprint density at radius 1 is 0.912 bits per heavy atom. The van der Waals surface area contributed by atoms with Gasteiger partial charge in [0.25, 0.3) is 5.56 Å². The largest absolute Gasteiger partial charge is 0.497 e. The van der Waals surface area contributed by atoms with Crippen LogP contribution >= 0.6 is 0 Å². The number of fused-ring (bicyclic) bond motifs is 1. The fourth-order valence-electron chi connectivity index (χ4n) is 4.30. The van der Waals surface area contributed by atoms with E-state index in [1.807, 2.05) is 42.5 Å². The van der Waals surface area contributed by atoms with Crippen LogP contribution in [-0.2, 0) is 18.5 Å². The molecule has 0 fully saturated rings. The maximum Gasteiger partial charge on any atom is 0.252 e. The zero-order chi connectivity index (χ0) is 24.3. The molecule has 1 aromatic heterocycles. The van der Waals surface area contributed by atoms with E-state index < -0.39 is 0 Å². The molecule has 0 unspecified atom stereocenters. The number of aromatic amines is 1. The number of rotatable bonds is 7. The molecule has 176 valence electrons. The van der Waals surface area contributed by atoms with Gasteiger partial charge in [0, 0.05) is 30.2 Å². The van der Waals surface area contributed by atoms with E-state index in [1.54, 1.807) is 7.11 Å². The first-order chi connectivity index (χ1) is 16.2. The molecular formula is C30H34N2O2. The highest BCUT2D eigenvalue weighted by Gasteiger charge is 2.20. The average molecular weight is 455 g/mol. The number of nitrogens with zero attached hydrogens (tertiary/aromatic N) is 1. The highest BCUT2D eigenvalue weighted by atomic mass is 16.5. The first-order valence-electron chi connectivity index (χ1n) is 11.8. The third kappa shape index (κ3) is 5.40. The highest BCUT2D eigenvalue weighted by Crippen LogP contribution is 2.28. The van der Waals surface area contributed by atoms with E-state index in [4.69, 9.17) is 4.74 Å². The van der Waals surface area contributed by atoms with Crippen LogP contribution in [-0.4, -0.2) is 17.0 Å². The molecule has 4 nitrogen and oxygen atoms in total. The van der Waals surface area contributed by atoms with Gasteiger partial charge in [0.1, 0.15) is 5.75 Å². The normalized spacial score (nSPS) is 12.8. The summed E-state index contributed by atoms with van der Waals surface area (Å²) >= 11 is 0. The molecule has 1 heterocycles. The maximum atomic E-state index is 12.9. The van der Waals surface area contributed by atoms with Crippen molar-refractivity contribution in [3.8, 4) is 5.75 Å². The summed E-state index contributed by atoms with van der Waals surface area (Å²) in [4.78, 5) is 18.3. The third-order valence-electron chi connectivity index (χ3n) is 6.56. The first kappa shape index (κ1) is 23.8. The van der Waals surface area contributed by atoms with Crippen molar-refractivity contribution in [2.45, 2.75) is 52.2 Å². The highest BCUT2D eigenvalue weighted by molar-refractivity contribution is 5.78. The Morgan fingerprint density at radius 2 is 1.59 bits per heavy atom. The molecule has 0 aliphatic carbocycles. The molecule has 4 heteroatoms. The van der Waals surface area contributed by atoms with Gasteiger partial charge in [0.15, 0.2) is 0 Å². The summed E-state index contributed by atoms with van der Waals surface area (Å²) in [6.07, 6.45) is 0. The van der Waals surface area contributed by atoms with Crippen LogP contribution in [0.25, 0.3) is 10.9 Å². The number of methoxy groups -OCH3 is 1. The minimum atomic E-state index is -0.0336. The van der Waals surface area contributed by atoms with Crippen LogP contribution in [0.3, 0.4) is 0 Å². The zero-order valence-corrected chi connectivity index (χ0v) is 20.8. The Balaban J connectivity index is 1.67. The lowest BCUT2D eigenvalue weighted by atomic mass is 9.86. The van der Waals surface area contributed by atoms with Crippen LogP contribution in [0, 0.1) is 0 Å². The molecule has 3 aromatic carbocycles. The number of pyridine rings is 1. The second-order valence-electron chi connectivity index (χ2n) is 10.0. The number of nitrogens with one attached hydrogen (secondary N) is 1. The molecule has 0 amide bonds. The van der Waals surface area contributed by atoms with Crippen LogP contribution in [0.1, 0.15) is 56.0 Å². The molecule has 1 atom stereocenters. The molecule has 0 saturated carbocycles. The van der Waals surface area contributed by atoms with Crippen LogP contribution < -0.4 is 10.3 Å². The van der Waals surface area contributed by atoms with Crippen molar-refractivity contribution < 1.29 is 4.74 Å². The average Bonchev–Trinajstić information content (AvgIpc) is 2.83. The molecule has 0 aliphatic heterocycles. The topological polar surface area (TPSA) is 45.3 Å². The van der Waals surface area contributed by atoms with E-state index in [1.165, 1.54) is 16.7 Å².